The monoisotopic (exact) mass is 314 g/mol. The zero-order valence-corrected chi connectivity index (χ0v) is 13.6. The van der Waals surface area contributed by atoms with Crippen molar-refractivity contribution in [3.63, 3.8) is 0 Å². The molecule has 0 aliphatic rings. The van der Waals surface area contributed by atoms with Crippen LogP contribution in [-0.2, 0) is 9.36 Å². The number of hydrogen-bond donors (Lipinski definition) is 1. The Labute approximate surface area is 130 Å². The van der Waals surface area contributed by atoms with Crippen molar-refractivity contribution in [2.24, 2.45) is 5.10 Å². The second-order valence-corrected chi connectivity index (χ2v) is 7.99. The van der Waals surface area contributed by atoms with Gasteiger partial charge in [-0.2, -0.15) is 5.10 Å². The van der Waals surface area contributed by atoms with Crippen molar-refractivity contribution in [3.8, 4) is 0 Å². The molecule has 0 aliphatic heterocycles. The lowest BCUT2D eigenvalue weighted by Crippen LogP contribution is -2.28. The van der Waals surface area contributed by atoms with Crippen molar-refractivity contribution < 1.29 is 9.36 Å². The van der Waals surface area contributed by atoms with Gasteiger partial charge in [0.25, 0.3) is 0 Å². The summed E-state index contributed by atoms with van der Waals surface area (Å²) in [7, 11) is -3.02. The third-order valence-corrected chi connectivity index (χ3v) is 6.11. The number of nitrogens with one attached hydrogen (secondary N) is 1. The maximum absolute atomic E-state index is 13.6. The third kappa shape index (κ3) is 3.92. The van der Waals surface area contributed by atoms with Crippen LogP contribution in [0, 0.1) is 0 Å². The SMILES string of the molecule is CC(C)=NNC(=O)CP(=O)(c1ccccc1)c1ccccc1. The van der Waals surface area contributed by atoms with Gasteiger partial charge in [-0.3, -0.25) is 4.79 Å². The summed E-state index contributed by atoms with van der Waals surface area (Å²) in [6, 6.07) is 18.3. The molecule has 114 valence electrons. The zero-order chi connectivity index (χ0) is 16.0. The summed E-state index contributed by atoms with van der Waals surface area (Å²) >= 11 is 0. The van der Waals surface area contributed by atoms with E-state index in [1.807, 2.05) is 36.4 Å². The van der Waals surface area contributed by atoms with Gasteiger partial charge in [0.2, 0.25) is 5.91 Å². The Morgan fingerprint density at radius 2 is 1.41 bits per heavy atom. The number of amides is 1. The number of nitrogens with zero attached hydrogens (tertiary/aromatic N) is 1. The third-order valence-electron chi connectivity index (χ3n) is 3.12. The summed E-state index contributed by atoms with van der Waals surface area (Å²) in [5, 5.41) is 5.24. The molecule has 2 aromatic carbocycles. The predicted molar refractivity (Wildman–Crippen MR) is 91.6 cm³/mol. The summed E-state index contributed by atoms with van der Waals surface area (Å²) in [5.41, 5.74) is 3.19. The number of hydrogen-bond acceptors (Lipinski definition) is 3. The smallest absolute Gasteiger partial charge is 0.248 e. The average Bonchev–Trinajstić information content (AvgIpc) is 2.54. The minimum Gasteiger partial charge on any atom is -0.313 e. The van der Waals surface area contributed by atoms with Crippen molar-refractivity contribution >= 4 is 29.4 Å². The lowest BCUT2D eigenvalue weighted by Gasteiger charge is -2.18. The fourth-order valence-electron chi connectivity index (χ4n) is 2.08. The Morgan fingerprint density at radius 3 is 1.82 bits per heavy atom. The standard InChI is InChI=1S/C17H19N2O2P/c1-14(2)18-19-17(20)13-22(21,15-9-5-3-6-10-15)16-11-7-4-8-12-16/h3-12H,13H2,1-2H3,(H,19,20). The van der Waals surface area contributed by atoms with Crippen molar-refractivity contribution in [2.45, 2.75) is 13.8 Å². The topological polar surface area (TPSA) is 58.5 Å². The maximum atomic E-state index is 13.6. The van der Waals surface area contributed by atoms with Gasteiger partial charge >= 0.3 is 0 Å². The van der Waals surface area contributed by atoms with Crippen LogP contribution in [-0.4, -0.2) is 17.8 Å². The van der Waals surface area contributed by atoms with Crippen LogP contribution < -0.4 is 16.0 Å². The van der Waals surface area contributed by atoms with Gasteiger partial charge in [0.15, 0.2) is 7.14 Å². The van der Waals surface area contributed by atoms with E-state index in [1.54, 1.807) is 38.1 Å². The molecule has 0 atom stereocenters. The molecule has 0 spiro atoms. The second kappa shape index (κ2) is 7.19. The van der Waals surface area contributed by atoms with Crippen molar-refractivity contribution in [2.75, 3.05) is 6.16 Å². The Bertz CT molecular complexity index is 664. The number of carbonyl (C=O) groups is 1. The van der Waals surface area contributed by atoms with E-state index in [4.69, 9.17) is 0 Å². The highest BCUT2D eigenvalue weighted by Gasteiger charge is 2.30. The lowest BCUT2D eigenvalue weighted by atomic mass is 10.4. The van der Waals surface area contributed by atoms with E-state index < -0.39 is 7.14 Å². The van der Waals surface area contributed by atoms with Gasteiger partial charge in [0.05, 0.1) is 6.16 Å². The van der Waals surface area contributed by atoms with E-state index >= 15 is 0 Å². The second-order valence-electron chi connectivity index (χ2n) is 5.16. The van der Waals surface area contributed by atoms with E-state index in [9.17, 15) is 9.36 Å². The highest BCUT2D eigenvalue weighted by molar-refractivity contribution is 7.79. The van der Waals surface area contributed by atoms with E-state index in [1.165, 1.54) is 0 Å². The molecule has 0 aromatic heterocycles. The Hall–Kier alpha value is -2.19. The van der Waals surface area contributed by atoms with E-state index in [0.29, 0.717) is 10.6 Å². The quantitative estimate of drug-likeness (QED) is 0.524. The predicted octanol–water partition coefficient (Wildman–Crippen LogP) is 2.51. The molecule has 0 saturated carbocycles. The molecule has 0 unspecified atom stereocenters. The normalized spacial score (nSPS) is 10.8. The fraction of sp³-hybridized carbons (Fsp3) is 0.176. The fourth-order valence-corrected chi connectivity index (χ4v) is 4.53. The molecule has 22 heavy (non-hydrogen) atoms. The molecule has 0 fully saturated rings. The van der Waals surface area contributed by atoms with E-state index in [2.05, 4.69) is 10.5 Å². The number of benzene rings is 2. The van der Waals surface area contributed by atoms with Gasteiger partial charge < -0.3 is 4.57 Å². The van der Waals surface area contributed by atoms with Gasteiger partial charge in [-0.25, -0.2) is 5.43 Å². The Morgan fingerprint density at radius 1 is 0.955 bits per heavy atom. The summed E-state index contributed by atoms with van der Waals surface area (Å²) in [6.45, 7) is 3.57. The minimum absolute atomic E-state index is 0.0994. The van der Waals surface area contributed by atoms with E-state index in [0.717, 1.165) is 5.71 Å². The molecule has 0 bridgehead atoms. The molecule has 0 heterocycles. The molecular formula is C17H19N2O2P. The first-order chi connectivity index (χ1) is 10.5. The first-order valence-electron chi connectivity index (χ1n) is 7.02. The van der Waals surface area contributed by atoms with Gasteiger partial charge in [0, 0.05) is 16.3 Å². The van der Waals surface area contributed by atoms with Crippen LogP contribution in [0.4, 0.5) is 0 Å². The van der Waals surface area contributed by atoms with Crippen LogP contribution >= 0.6 is 7.14 Å². The van der Waals surface area contributed by atoms with Crippen LogP contribution in [0.2, 0.25) is 0 Å². The summed E-state index contributed by atoms with van der Waals surface area (Å²) in [4.78, 5) is 12.1. The molecular weight excluding hydrogens is 295 g/mol. The van der Waals surface area contributed by atoms with Crippen LogP contribution in [0.5, 0.6) is 0 Å². The largest absolute Gasteiger partial charge is 0.313 e. The summed E-state index contributed by atoms with van der Waals surface area (Å²) < 4.78 is 13.6. The van der Waals surface area contributed by atoms with Gasteiger partial charge in [-0.05, 0) is 13.8 Å². The van der Waals surface area contributed by atoms with Crippen LogP contribution in [0.1, 0.15) is 13.8 Å². The van der Waals surface area contributed by atoms with Crippen LogP contribution in [0.3, 0.4) is 0 Å². The molecule has 5 heteroatoms. The van der Waals surface area contributed by atoms with Crippen LogP contribution in [0.25, 0.3) is 0 Å². The number of hydrazone groups is 1. The average molecular weight is 314 g/mol. The molecule has 4 nitrogen and oxygen atoms in total. The van der Waals surface area contributed by atoms with Gasteiger partial charge in [-0.1, -0.05) is 60.7 Å². The first kappa shape index (κ1) is 16.2. The van der Waals surface area contributed by atoms with E-state index in [-0.39, 0.29) is 12.1 Å². The maximum Gasteiger partial charge on any atom is 0.248 e. The lowest BCUT2D eigenvalue weighted by molar-refractivity contribution is -0.118. The first-order valence-corrected chi connectivity index (χ1v) is 8.91. The van der Waals surface area contributed by atoms with Crippen molar-refractivity contribution in [3.05, 3.63) is 60.7 Å². The Kier molecular flexibility index (Phi) is 5.29. The molecule has 0 radical (unpaired) electrons. The van der Waals surface area contributed by atoms with Gasteiger partial charge in [0.1, 0.15) is 0 Å². The molecule has 0 aliphatic carbocycles. The summed E-state index contributed by atoms with van der Waals surface area (Å²) in [5.74, 6) is -0.350. The van der Waals surface area contributed by atoms with Crippen LogP contribution in [0.15, 0.2) is 65.8 Å². The molecule has 2 aromatic rings. The molecule has 2 rings (SSSR count). The van der Waals surface area contributed by atoms with Crippen molar-refractivity contribution in [1.82, 2.24) is 5.43 Å². The number of rotatable bonds is 5. The molecule has 0 saturated heterocycles. The van der Waals surface area contributed by atoms with Gasteiger partial charge in [-0.15, -0.1) is 0 Å². The molecule has 1 amide bonds. The minimum atomic E-state index is -3.02. The summed E-state index contributed by atoms with van der Waals surface area (Å²) in [6.07, 6.45) is -0.0994. The highest BCUT2D eigenvalue weighted by atomic mass is 31.2. The molecule has 1 N–H and O–H groups in total. The Balaban J connectivity index is 2.37. The zero-order valence-electron chi connectivity index (χ0n) is 12.7. The number of carbonyl (C=O) groups excluding carboxylic acids is 1. The highest BCUT2D eigenvalue weighted by Crippen LogP contribution is 2.42. The van der Waals surface area contributed by atoms with Crippen molar-refractivity contribution in [1.29, 1.82) is 0 Å².